The fourth-order valence-electron chi connectivity index (χ4n) is 4.68. The van der Waals surface area contributed by atoms with Crippen LogP contribution in [0.3, 0.4) is 0 Å². The molecule has 1 aromatic rings. The SMILES string of the molecule is c1cc2c(cc1CN1CCC3(CCCCC3)CC1)NCC2. The molecule has 0 radical (unpaired) electrons. The Labute approximate surface area is 128 Å². The van der Waals surface area contributed by atoms with Crippen LogP contribution < -0.4 is 5.32 Å². The molecule has 4 rings (SSSR count). The molecular weight excluding hydrogens is 256 g/mol. The average Bonchev–Trinajstić information content (AvgIpc) is 2.98. The van der Waals surface area contributed by atoms with E-state index in [1.807, 2.05) is 0 Å². The van der Waals surface area contributed by atoms with E-state index in [0.717, 1.165) is 18.5 Å². The van der Waals surface area contributed by atoms with Crippen LogP contribution in [-0.2, 0) is 13.0 Å². The molecule has 1 spiro atoms. The van der Waals surface area contributed by atoms with Crippen LogP contribution in [0.25, 0.3) is 0 Å². The number of piperidine rings is 1. The van der Waals surface area contributed by atoms with E-state index in [2.05, 4.69) is 28.4 Å². The highest BCUT2D eigenvalue weighted by molar-refractivity contribution is 5.57. The molecule has 0 bridgehead atoms. The molecule has 0 atom stereocenters. The minimum atomic E-state index is 0.730. The second kappa shape index (κ2) is 5.64. The predicted octanol–water partition coefficient (Wildman–Crippen LogP) is 4.20. The summed E-state index contributed by atoms with van der Waals surface area (Å²) in [5.74, 6) is 0. The van der Waals surface area contributed by atoms with Gasteiger partial charge >= 0.3 is 0 Å². The normalized spacial score (nSPS) is 24.8. The van der Waals surface area contributed by atoms with Crippen LogP contribution in [0.2, 0.25) is 0 Å². The van der Waals surface area contributed by atoms with Crippen LogP contribution in [0.4, 0.5) is 5.69 Å². The summed E-state index contributed by atoms with van der Waals surface area (Å²) >= 11 is 0. The van der Waals surface area contributed by atoms with Crippen LogP contribution in [0, 0.1) is 5.41 Å². The second-order valence-corrected chi connectivity index (χ2v) is 7.51. The maximum absolute atomic E-state index is 3.51. The minimum absolute atomic E-state index is 0.730. The van der Waals surface area contributed by atoms with E-state index in [1.54, 1.807) is 0 Å². The van der Waals surface area contributed by atoms with Crippen LogP contribution in [0.1, 0.15) is 56.1 Å². The third-order valence-electron chi connectivity index (χ3n) is 6.12. The molecule has 2 fully saturated rings. The predicted molar refractivity (Wildman–Crippen MR) is 88.7 cm³/mol. The van der Waals surface area contributed by atoms with Crippen LogP contribution in [0.5, 0.6) is 0 Å². The van der Waals surface area contributed by atoms with E-state index in [4.69, 9.17) is 0 Å². The van der Waals surface area contributed by atoms with E-state index in [-0.39, 0.29) is 0 Å². The van der Waals surface area contributed by atoms with Crippen molar-refractivity contribution in [2.24, 2.45) is 5.41 Å². The molecule has 1 saturated carbocycles. The lowest BCUT2D eigenvalue weighted by molar-refractivity contribution is 0.0641. The first-order valence-corrected chi connectivity index (χ1v) is 8.91. The number of likely N-dealkylation sites (tertiary alicyclic amines) is 1. The first kappa shape index (κ1) is 13.6. The summed E-state index contributed by atoms with van der Waals surface area (Å²) in [5.41, 5.74) is 5.10. The van der Waals surface area contributed by atoms with Crippen LogP contribution >= 0.6 is 0 Å². The second-order valence-electron chi connectivity index (χ2n) is 7.51. The molecule has 3 aliphatic rings. The van der Waals surface area contributed by atoms with Gasteiger partial charge < -0.3 is 5.32 Å². The molecule has 1 saturated heterocycles. The van der Waals surface area contributed by atoms with Gasteiger partial charge in [-0.25, -0.2) is 0 Å². The van der Waals surface area contributed by atoms with Crippen molar-refractivity contribution in [1.82, 2.24) is 4.90 Å². The number of hydrogen-bond acceptors (Lipinski definition) is 2. The number of rotatable bonds is 2. The van der Waals surface area contributed by atoms with E-state index in [9.17, 15) is 0 Å². The Morgan fingerprint density at radius 1 is 1.00 bits per heavy atom. The van der Waals surface area contributed by atoms with Crippen molar-refractivity contribution in [2.45, 2.75) is 57.9 Å². The summed E-state index contributed by atoms with van der Waals surface area (Å²) in [6.45, 7) is 4.88. The Bertz CT molecular complexity index is 492. The fraction of sp³-hybridized carbons (Fsp3) is 0.684. The summed E-state index contributed by atoms with van der Waals surface area (Å²) in [4.78, 5) is 2.68. The van der Waals surface area contributed by atoms with Gasteiger partial charge in [0.05, 0.1) is 0 Å². The molecule has 114 valence electrons. The topological polar surface area (TPSA) is 15.3 Å². The largest absolute Gasteiger partial charge is 0.384 e. The van der Waals surface area contributed by atoms with Gasteiger partial charge in [-0.3, -0.25) is 4.90 Å². The minimum Gasteiger partial charge on any atom is -0.384 e. The maximum atomic E-state index is 3.51. The van der Waals surface area contributed by atoms with Crippen molar-refractivity contribution >= 4 is 5.69 Å². The molecule has 2 aliphatic heterocycles. The lowest BCUT2D eigenvalue weighted by Gasteiger charge is -2.44. The van der Waals surface area contributed by atoms with Gasteiger partial charge in [0, 0.05) is 18.8 Å². The van der Waals surface area contributed by atoms with Crippen LogP contribution in [-0.4, -0.2) is 24.5 Å². The van der Waals surface area contributed by atoms with E-state index in [1.165, 1.54) is 81.3 Å². The van der Waals surface area contributed by atoms with Gasteiger partial charge in [-0.05, 0) is 67.8 Å². The molecule has 0 unspecified atom stereocenters. The average molecular weight is 284 g/mol. The Morgan fingerprint density at radius 3 is 2.62 bits per heavy atom. The van der Waals surface area contributed by atoms with Crippen molar-refractivity contribution < 1.29 is 0 Å². The van der Waals surface area contributed by atoms with Gasteiger partial charge in [0.25, 0.3) is 0 Å². The Kier molecular flexibility index (Phi) is 3.66. The van der Waals surface area contributed by atoms with E-state index in [0.29, 0.717) is 0 Å². The quantitative estimate of drug-likeness (QED) is 0.875. The first-order valence-electron chi connectivity index (χ1n) is 8.91. The smallest absolute Gasteiger partial charge is 0.0376 e. The lowest BCUT2D eigenvalue weighted by atomic mass is 9.68. The van der Waals surface area contributed by atoms with Crippen molar-refractivity contribution in [3.05, 3.63) is 29.3 Å². The molecule has 2 heterocycles. The highest BCUT2D eigenvalue weighted by atomic mass is 15.1. The third-order valence-corrected chi connectivity index (χ3v) is 6.12. The number of nitrogens with zero attached hydrogens (tertiary/aromatic N) is 1. The van der Waals surface area contributed by atoms with E-state index < -0.39 is 0 Å². The van der Waals surface area contributed by atoms with Crippen molar-refractivity contribution in [3.8, 4) is 0 Å². The molecule has 1 aliphatic carbocycles. The van der Waals surface area contributed by atoms with E-state index >= 15 is 0 Å². The molecule has 21 heavy (non-hydrogen) atoms. The summed E-state index contributed by atoms with van der Waals surface area (Å²) in [5, 5.41) is 3.51. The lowest BCUT2D eigenvalue weighted by Crippen LogP contribution is -2.40. The highest BCUT2D eigenvalue weighted by Gasteiger charge is 2.35. The number of fused-ring (bicyclic) bond motifs is 1. The van der Waals surface area contributed by atoms with Gasteiger partial charge in [0.1, 0.15) is 0 Å². The summed E-state index contributed by atoms with van der Waals surface area (Å²) in [7, 11) is 0. The molecule has 0 amide bonds. The van der Waals surface area contributed by atoms with Crippen molar-refractivity contribution in [2.75, 3.05) is 25.0 Å². The van der Waals surface area contributed by atoms with Gasteiger partial charge in [0.2, 0.25) is 0 Å². The third kappa shape index (κ3) is 2.83. The molecule has 2 heteroatoms. The maximum Gasteiger partial charge on any atom is 0.0376 e. The Morgan fingerprint density at radius 2 is 1.81 bits per heavy atom. The van der Waals surface area contributed by atoms with Gasteiger partial charge in [-0.2, -0.15) is 0 Å². The molecular formula is C19H28N2. The molecule has 0 aromatic heterocycles. The van der Waals surface area contributed by atoms with Gasteiger partial charge in [-0.1, -0.05) is 31.4 Å². The van der Waals surface area contributed by atoms with Gasteiger partial charge in [-0.15, -0.1) is 0 Å². The van der Waals surface area contributed by atoms with Crippen molar-refractivity contribution in [1.29, 1.82) is 0 Å². The zero-order valence-electron chi connectivity index (χ0n) is 13.2. The summed E-state index contributed by atoms with van der Waals surface area (Å²) < 4.78 is 0. The van der Waals surface area contributed by atoms with Gasteiger partial charge in [0.15, 0.2) is 0 Å². The number of hydrogen-bond donors (Lipinski definition) is 1. The number of nitrogens with one attached hydrogen (secondary N) is 1. The molecule has 1 N–H and O–H groups in total. The standard InChI is InChI=1S/C19H28N2/c1-2-7-19(8-3-1)9-12-21(13-10-19)15-16-4-5-17-6-11-20-18(17)14-16/h4-5,14,20H,1-3,6-13,15H2. The summed E-state index contributed by atoms with van der Waals surface area (Å²) in [6, 6.07) is 7.06. The zero-order valence-corrected chi connectivity index (χ0v) is 13.2. The molecule has 2 nitrogen and oxygen atoms in total. The summed E-state index contributed by atoms with van der Waals surface area (Å²) in [6.07, 6.45) is 11.5. The zero-order chi connectivity index (χ0) is 14.1. The highest BCUT2D eigenvalue weighted by Crippen LogP contribution is 2.44. The Balaban J connectivity index is 1.36. The Hall–Kier alpha value is -1.02. The monoisotopic (exact) mass is 284 g/mol. The number of anilines is 1. The first-order chi connectivity index (χ1) is 10.3. The fourth-order valence-corrected chi connectivity index (χ4v) is 4.68. The van der Waals surface area contributed by atoms with Crippen molar-refractivity contribution in [3.63, 3.8) is 0 Å². The number of benzene rings is 1. The van der Waals surface area contributed by atoms with Crippen LogP contribution in [0.15, 0.2) is 18.2 Å². The molecule has 1 aromatic carbocycles.